The molecule has 2 aliphatic rings. The summed E-state index contributed by atoms with van der Waals surface area (Å²) in [6.45, 7) is 2.52. The highest BCUT2D eigenvalue weighted by Crippen LogP contribution is 2.32. The molecule has 2 rings (SSSR count). The lowest BCUT2D eigenvalue weighted by molar-refractivity contribution is -0.123. The number of halogens is 1. The Balaban J connectivity index is 0.00000128. The first kappa shape index (κ1) is 13.7. The van der Waals surface area contributed by atoms with Gasteiger partial charge >= 0.3 is 0 Å². The van der Waals surface area contributed by atoms with Crippen molar-refractivity contribution in [2.45, 2.75) is 37.6 Å². The molecule has 94 valence electrons. The van der Waals surface area contributed by atoms with Gasteiger partial charge in [0, 0.05) is 19.8 Å². The van der Waals surface area contributed by atoms with Gasteiger partial charge in [0.2, 0.25) is 5.91 Å². The molecule has 0 unspecified atom stereocenters. The normalized spacial score (nSPS) is 23.3. The van der Waals surface area contributed by atoms with E-state index in [1.165, 1.54) is 0 Å². The zero-order valence-corrected chi connectivity index (χ0v) is 10.4. The Morgan fingerprint density at radius 1 is 1.38 bits per heavy atom. The molecular weight excluding hydrogens is 228 g/mol. The van der Waals surface area contributed by atoms with E-state index in [0.29, 0.717) is 5.92 Å². The molecule has 0 aromatic heterocycles. The van der Waals surface area contributed by atoms with E-state index in [4.69, 9.17) is 10.5 Å². The molecule has 1 saturated heterocycles. The molecule has 1 heterocycles. The lowest BCUT2D eigenvalue weighted by Gasteiger charge is -2.22. The highest BCUT2D eigenvalue weighted by molar-refractivity contribution is 5.88. The van der Waals surface area contributed by atoms with Crippen LogP contribution in [0, 0.1) is 5.92 Å². The molecule has 0 bridgehead atoms. The first-order valence-electron chi connectivity index (χ1n) is 5.86. The van der Waals surface area contributed by atoms with Gasteiger partial charge in [-0.15, -0.1) is 12.4 Å². The predicted octanol–water partition coefficient (Wildman–Crippen LogP) is 0.832. The molecule has 0 aromatic carbocycles. The second-order valence-corrected chi connectivity index (χ2v) is 4.76. The zero-order valence-electron chi connectivity index (χ0n) is 9.54. The smallest absolute Gasteiger partial charge is 0.240 e. The molecule has 0 aromatic rings. The molecule has 0 radical (unpaired) electrons. The number of carbonyl (C=O) groups excluding carboxylic acids is 1. The molecule has 2 fully saturated rings. The number of amides is 1. The standard InChI is InChI=1S/C11H20N2O2.ClH/c12-11(4-5-11)10(14)13-6-1-9-2-7-15-8-3-9;/h9H,1-8,12H2,(H,13,14);1H. The van der Waals surface area contributed by atoms with Crippen LogP contribution in [-0.4, -0.2) is 31.2 Å². The van der Waals surface area contributed by atoms with Gasteiger partial charge in [-0.25, -0.2) is 0 Å². The van der Waals surface area contributed by atoms with Gasteiger partial charge in [0.1, 0.15) is 0 Å². The van der Waals surface area contributed by atoms with E-state index < -0.39 is 5.54 Å². The second kappa shape index (κ2) is 5.84. The van der Waals surface area contributed by atoms with E-state index in [2.05, 4.69) is 5.32 Å². The van der Waals surface area contributed by atoms with E-state index in [1.54, 1.807) is 0 Å². The lowest BCUT2D eigenvalue weighted by Crippen LogP contribution is -2.43. The Morgan fingerprint density at radius 3 is 2.56 bits per heavy atom. The fraction of sp³-hybridized carbons (Fsp3) is 0.909. The van der Waals surface area contributed by atoms with Crippen molar-refractivity contribution in [3.63, 3.8) is 0 Å². The van der Waals surface area contributed by atoms with Gasteiger partial charge < -0.3 is 15.8 Å². The molecule has 16 heavy (non-hydrogen) atoms. The fourth-order valence-corrected chi connectivity index (χ4v) is 1.96. The average molecular weight is 249 g/mol. The van der Waals surface area contributed by atoms with E-state index >= 15 is 0 Å². The number of rotatable bonds is 4. The summed E-state index contributed by atoms with van der Waals surface area (Å²) in [5.74, 6) is 0.751. The minimum absolute atomic E-state index is 0. The van der Waals surface area contributed by atoms with Gasteiger partial charge in [0.25, 0.3) is 0 Å². The van der Waals surface area contributed by atoms with Gasteiger partial charge in [-0.3, -0.25) is 4.79 Å². The Morgan fingerprint density at radius 2 is 2.00 bits per heavy atom. The number of nitrogens with one attached hydrogen (secondary N) is 1. The number of nitrogens with two attached hydrogens (primary N) is 1. The number of ether oxygens (including phenoxy) is 1. The van der Waals surface area contributed by atoms with Crippen LogP contribution in [0.5, 0.6) is 0 Å². The van der Waals surface area contributed by atoms with Crippen molar-refractivity contribution in [2.24, 2.45) is 11.7 Å². The summed E-state index contributed by atoms with van der Waals surface area (Å²) >= 11 is 0. The van der Waals surface area contributed by atoms with Crippen molar-refractivity contribution in [3.05, 3.63) is 0 Å². The van der Waals surface area contributed by atoms with Crippen molar-refractivity contribution in [2.75, 3.05) is 19.8 Å². The second-order valence-electron chi connectivity index (χ2n) is 4.76. The van der Waals surface area contributed by atoms with Crippen LogP contribution in [0.25, 0.3) is 0 Å². The largest absolute Gasteiger partial charge is 0.381 e. The third-order valence-electron chi connectivity index (χ3n) is 3.42. The summed E-state index contributed by atoms with van der Waals surface area (Å²) in [7, 11) is 0. The topological polar surface area (TPSA) is 64.4 Å². The molecule has 0 spiro atoms. The summed E-state index contributed by atoms with van der Waals surface area (Å²) in [5, 5.41) is 2.93. The minimum atomic E-state index is -0.518. The summed E-state index contributed by atoms with van der Waals surface area (Å²) < 4.78 is 5.28. The van der Waals surface area contributed by atoms with Crippen molar-refractivity contribution < 1.29 is 9.53 Å². The van der Waals surface area contributed by atoms with Crippen molar-refractivity contribution in [1.82, 2.24) is 5.32 Å². The summed E-state index contributed by atoms with van der Waals surface area (Å²) in [6, 6.07) is 0. The molecule has 1 saturated carbocycles. The van der Waals surface area contributed by atoms with Gasteiger partial charge in [0.15, 0.2) is 0 Å². The monoisotopic (exact) mass is 248 g/mol. The number of hydrogen-bond acceptors (Lipinski definition) is 3. The Kier molecular flexibility index (Phi) is 5.02. The van der Waals surface area contributed by atoms with Gasteiger partial charge in [-0.1, -0.05) is 0 Å². The van der Waals surface area contributed by atoms with Crippen LogP contribution < -0.4 is 11.1 Å². The lowest BCUT2D eigenvalue weighted by atomic mass is 9.97. The van der Waals surface area contributed by atoms with E-state index in [9.17, 15) is 4.79 Å². The third-order valence-corrected chi connectivity index (χ3v) is 3.42. The van der Waals surface area contributed by atoms with E-state index in [0.717, 1.165) is 51.9 Å². The minimum Gasteiger partial charge on any atom is -0.381 e. The first-order valence-corrected chi connectivity index (χ1v) is 5.86. The molecule has 1 amide bonds. The van der Waals surface area contributed by atoms with E-state index in [-0.39, 0.29) is 18.3 Å². The zero-order chi connectivity index (χ0) is 10.7. The fourth-order valence-electron chi connectivity index (χ4n) is 1.96. The van der Waals surface area contributed by atoms with Crippen molar-refractivity contribution in [1.29, 1.82) is 0 Å². The van der Waals surface area contributed by atoms with Crippen LogP contribution in [0.1, 0.15) is 32.1 Å². The van der Waals surface area contributed by atoms with Crippen LogP contribution in [0.15, 0.2) is 0 Å². The Hall–Kier alpha value is -0.320. The van der Waals surface area contributed by atoms with Gasteiger partial charge in [-0.05, 0) is 38.0 Å². The Bertz CT molecular complexity index is 238. The molecule has 3 N–H and O–H groups in total. The number of hydrogen-bond donors (Lipinski definition) is 2. The summed E-state index contributed by atoms with van der Waals surface area (Å²) in [4.78, 5) is 11.5. The summed E-state index contributed by atoms with van der Waals surface area (Å²) in [5.41, 5.74) is 5.26. The van der Waals surface area contributed by atoms with Gasteiger partial charge in [-0.2, -0.15) is 0 Å². The average Bonchev–Trinajstić information content (AvgIpc) is 2.99. The highest BCUT2D eigenvalue weighted by atomic mass is 35.5. The van der Waals surface area contributed by atoms with Crippen molar-refractivity contribution in [3.8, 4) is 0 Å². The Labute approximate surface area is 103 Å². The van der Waals surface area contributed by atoms with Crippen LogP contribution in [0.4, 0.5) is 0 Å². The molecular formula is C11H21ClN2O2. The summed E-state index contributed by atoms with van der Waals surface area (Å²) in [6.07, 6.45) is 5.00. The maximum absolute atomic E-state index is 11.5. The molecule has 5 heteroatoms. The van der Waals surface area contributed by atoms with Crippen LogP contribution in [-0.2, 0) is 9.53 Å². The predicted molar refractivity (Wildman–Crippen MR) is 64.6 cm³/mol. The van der Waals surface area contributed by atoms with Crippen LogP contribution in [0.2, 0.25) is 0 Å². The molecule has 1 aliphatic heterocycles. The maximum atomic E-state index is 11.5. The SMILES string of the molecule is Cl.NC1(C(=O)NCCC2CCOCC2)CC1. The molecule has 4 nitrogen and oxygen atoms in total. The maximum Gasteiger partial charge on any atom is 0.240 e. The molecule has 0 atom stereocenters. The molecule has 1 aliphatic carbocycles. The third kappa shape index (κ3) is 3.61. The van der Waals surface area contributed by atoms with E-state index in [1.807, 2.05) is 0 Å². The quantitative estimate of drug-likeness (QED) is 0.775. The number of carbonyl (C=O) groups is 1. The van der Waals surface area contributed by atoms with Crippen LogP contribution in [0.3, 0.4) is 0 Å². The van der Waals surface area contributed by atoms with Crippen molar-refractivity contribution >= 4 is 18.3 Å². The van der Waals surface area contributed by atoms with Gasteiger partial charge in [0.05, 0.1) is 5.54 Å². The first-order chi connectivity index (χ1) is 7.21. The highest BCUT2D eigenvalue weighted by Gasteiger charge is 2.45. The van der Waals surface area contributed by atoms with Crippen LogP contribution >= 0.6 is 12.4 Å².